The Hall–Kier alpha value is -0.970. The Bertz CT molecular complexity index is 385. The number of nitrogens with zero attached hydrogens (tertiary/aromatic N) is 3. The lowest BCUT2D eigenvalue weighted by molar-refractivity contribution is 0.173. The number of hydrogen-bond donors (Lipinski definition) is 1. The van der Waals surface area contributed by atoms with Gasteiger partial charge in [-0.25, -0.2) is 0 Å². The average Bonchev–Trinajstić information content (AvgIpc) is 2.41. The van der Waals surface area contributed by atoms with E-state index in [9.17, 15) is 0 Å². The molecule has 1 saturated heterocycles. The number of aromatic nitrogens is 1. The van der Waals surface area contributed by atoms with Gasteiger partial charge < -0.3 is 15.5 Å². The fourth-order valence-corrected chi connectivity index (χ4v) is 2.80. The van der Waals surface area contributed by atoms with E-state index < -0.39 is 0 Å². The minimum atomic E-state index is 0.520. The molecule has 1 aliphatic rings. The summed E-state index contributed by atoms with van der Waals surface area (Å²) in [5, 5.41) is 0. The number of nitrogens with two attached hydrogens (primary N) is 1. The van der Waals surface area contributed by atoms with Crippen molar-refractivity contribution in [3.63, 3.8) is 0 Å². The largest absolute Gasteiger partial charge is 0.325 e. The number of hydrogen-bond acceptors (Lipinski definition) is 4. The molecule has 1 fully saturated rings. The molecule has 0 unspecified atom stereocenters. The van der Waals surface area contributed by atoms with Crippen LogP contribution in [0.5, 0.6) is 0 Å². The van der Waals surface area contributed by atoms with Crippen molar-refractivity contribution in [1.29, 1.82) is 0 Å². The monoisotopic (exact) mass is 262 g/mol. The van der Waals surface area contributed by atoms with E-state index in [1.165, 1.54) is 38.0 Å². The van der Waals surface area contributed by atoms with Gasteiger partial charge in [0.15, 0.2) is 0 Å². The maximum atomic E-state index is 5.63. The molecule has 106 valence electrons. The second kappa shape index (κ2) is 6.98. The van der Waals surface area contributed by atoms with Gasteiger partial charge in [-0.3, -0.25) is 4.98 Å². The van der Waals surface area contributed by atoms with Crippen LogP contribution in [0, 0.1) is 5.92 Å². The molecule has 0 saturated carbocycles. The predicted octanol–water partition coefficient (Wildman–Crippen LogP) is 1.31. The summed E-state index contributed by atoms with van der Waals surface area (Å²) in [7, 11) is 4.42. The Kier molecular flexibility index (Phi) is 5.31. The number of pyridine rings is 1. The third-order valence-electron chi connectivity index (χ3n) is 3.95. The van der Waals surface area contributed by atoms with E-state index in [1.54, 1.807) is 0 Å². The van der Waals surface area contributed by atoms with Crippen molar-refractivity contribution in [2.45, 2.75) is 25.9 Å². The normalized spacial score (nSPS) is 18.1. The standard InChI is InChI=1S/C15H26N4/c1-18-7-4-13(5-8-18)11-19(2)12-14-3-6-17-15(9-14)10-16/h3,6,9,13H,4-5,7-8,10-12,16H2,1-2H3. The summed E-state index contributed by atoms with van der Waals surface area (Å²) in [6.45, 7) is 5.18. The maximum Gasteiger partial charge on any atom is 0.0542 e. The van der Waals surface area contributed by atoms with Crippen LogP contribution in [0.15, 0.2) is 18.3 Å². The lowest BCUT2D eigenvalue weighted by Gasteiger charge is -2.31. The van der Waals surface area contributed by atoms with Crippen LogP contribution in [0.4, 0.5) is 0 Å². The summed E-state index contributed by atoms with van der Waals surface area (Å²) >= 11 is 0. The second-order valence-electron chi connectivity index (χ2n) is 5.80. The summed E-state index contributed by atoms with van der Waals surface area (Å²) in [6.07, 6.45) is 4.51. The third kappa shape index (κ3) is 4.56. The van der Waals surface area contributed by atoms with Crippen molar-refractivity contribution in [3.8, 4) is 0 Å². The van der Waals surface area contributed by atoms with E-state index in [1.807, 2.05) is 6.20 Å². The highest BCUT2D eigenvalue weighted by molar-refractivity contribution is 5.16. The average molecular weight is 262 g/mol. The van der Waals surface area contributed by atoms with E-state index >= 15 is 0 Å². The van der Waals surface area contributed by atoms with Crippen molar-refractivity contribution in [2.24, 2.45) is 11.7 Å². The summed E-state index contributed by atoms with van der Waals surface area (Å²) < 4.78 is 0. The van der Waals surface area contributed by atoms with Crippen LogP contribution in [-0.2, 0) is 13.1 Å². The van der Waals surface area contributed by atoms with Crippen LogP contribution < -0.4 is 5.73 Å². The fraction of sp³-hybridized carbons (Fsp3) is 0.667. The van der Waals surface area contributed by atoms with Crippen LogP contribution >= 0.6 is 0 Å². The van der Waals surface area contributed by atoms with Gasteiger partial charge in [-0.1, -0.05) is 0 Å². The van der Waals surface area contributed by atoms with Gasteiger partial charge in [0.2, 0.25) is 0 Å². The van der Waals surface area contributed by atoms with Gasteiger partial charge in [-0.15, -0.1) is 0 Å². The van der Waals surface area contributed by atoms with E-state index in [-0.39, 0.29) is 0 Å². The molecule has 0 aromatic carbocycles. The Balaban J connectivity index is 1.81. The smallest absolute Gasteiger partial charge is 0.0542 e. The van der Waals surface area contributed by atoms with Crippen LogP contribution in [0.3, 0.4) is 0 Å². The molecule has 0 amide bonds. The molecule has 19 heavy (non-hydrogen) atoms. The molecular formula is C15H26N4. The molecule has 0 atom stereocenters. The molecule has 0 radical (unpaired) electrons. The summed E-state index contributed by atoms with van der Waals surface area (Å²) in [4.78, 5) is 9.09. The number of likely N-dealkylation sites (tertiary alicyclic amines) is 1. The molecule has 0 bridgehead atoms. The first kappa shape index (κ1) is 14.4. The van der Waals surface area contributed by atoms with Crippen molar-refractivity contribution in [1.82, 2.24) is 14.8 Å². The lowest BCUT2D eigenvalue weighted by atomic mass is 9.96. The molecule has 2 rings (SSSR count). The van der Waals surface area contributed by atoms with Crippen molar-refractivity contribution >= 4 is 0 Å². The van der Waals surface area contributed by atoms with Gasteiger partial charge in [0.05, 0.1) is 5.69 Å². The highest BCUT2D eigenvalue weighted by Crippen LogP contribution is 2.17. The SMILES string of the molecule is CN1CCC(CN(C)Cc2ccnc(CN)c2)CC1. The molecule has 0 aliphatic carbocycles. The number of piperidine rings is 1. The van der Waals surface area contributed by atoms with Crippen LogP contribution in [0.2, 0.25) is 0 Å². The molecule has 1 aliphatic heterocycles. The van der Waals surface area contributed by atoms with Gasteiger partial charge in [0, 0.05) is 25.8 Å². The predicted molar refractivity (Wildman–Crippen MR) is 78.7 cm³/mol. The van der Waals surface area contributed by atoms with Gasteiger partial charge in [-0.05, 0) is 63.6 Å². The number of rotatable bonds is 5. The third-order valence-corrected chi connectivity index (χ3v) is 3.95. The Morgan fingerprint density at radius 2 is 2.16 bits per heavy atom. The summed E-state index contributed by atoms with van der Waals surface area (Å²) in [5.74, 6) is 0.844. The molecule has 2 N–H and O–H groups in total. The fourth-order valence-electron chi connectivity index (χ4n) is 2.80. The highest BCUT2D eigenvalue weighted by atomic mass is 15.1. The van der Waals surface area contributed by atoms with Crippen molar-refractivity contribution < 1.29 is 0 Å². The van der Waals surface area contributed by atoms with E-state index in [4.69, 9.17) is 5.73 Å². The molecule has 4 heteroatoms. The summed E-state index contributed by atoms with van der Waals surface area (Å²) in [6, 6.07) is 4.20. The topological polar surface area (TPSA) is 45.4 Å². The zero-order chi connectivity index (χ0) is 13.7. The second-order valence-corrected chi connectivity index (χ2v) is 5.80. The van der Waals surface area contributed by atoms with Gasteiger partial charge in [0.25, 0.3) is 0 Å². The minimum Gasteiger partial charge on any atom is -0.325 e. The molecule has 2 heterocycles. The zero-order valence-electron chi connectivity index (χ0n) is 12.2. The maximum absolute atomic E-state index is 5.63. The molecular weight excluding hydrogens is 236 g/mol. The molecule has 1 aromatic rings. The van der Waals surface area contributed by atoms with Gasteiger partial charge in [-0.2, -0.15) is 0 Å². The van der Waals surface area contributed by atoms with Crippen LogP contribution in [0.25, 0.3) is 0 Å². The Morgan fingerprint density at radius 1 is 1.42 bits per heavy atom. The summed E-state index contributed by atoms with van der Waals surface area (Å²) in [5.41, 5.74) is 7.92. The Labute approximate surface area is 116 Å². The van der Waals surface area contributed by atoms with Crippen LogP contribution in [0.1, 0.15) is 24.1 Å². The molecule has 1 aromatic heterocycles. The minimum absolute atomic E-state index is 0.520. The van der Waals surface area contributed by atoms with E-state index in [0.29, 0.717) is 6.54 Å². The highest BCUT2D eigenvalue weighted by Gasteiger charge is 2.18. The Morgan fingerprint density at radius 3 is 2.84 bits per heavy atom. The van der Waals surface area contributed by atoms with E-state index in [0.717, 1.165) is 18.2 Å². The first-order valence-electron chi connectivity index (χ1n) is 7.18. The van der Waals surface area contributed by atoms with Crippen molar-refractivity contribution in [2.75, 3.05) is 33.7 Å². The van der Waals surface area contributed by atoms with Gasteiger partial charge in [0.1, 0.15) is 0 Å². The first-order chi connectivity index (χ1) is 9.17. The molecule has 0 spiro atoms. The van der Waals surface area contributed by atoms with Gasteiger partial charge >= 0.3 is 0 Å². The lowest BCUT2D eigenvalue weighted by Crippen LogP contribution is -2.35. The zero-order valence-corrected chi connectivity index (χ0v) is 12.2. The first-order valence-corrected chi connectivity index (χ1v) is 7.18. The quantitative estimate of drug-likeness (QED) is 0.869. The van der Waals surface area contributed by atoms with Crippen molar-refractivity contribution in [3.05, 3.63) is 29.6 Å². The van der Waals surface area contributed by atoms with Crippen LogP contribution in [-0.4, -0.2) is 48.5 Å². The van der Waals surface area contributed by atoms with E-state index in [2.05, 4.69) is 41.0 Å². The molecule has 4 nitrogen and oxygen atoms in total.